The molecule has 0 saturated heterocycles. The molecule has 1 unspecified atom stereocenters. The van der Waals surface area contributed by atoms with Crippen LogP contribution in [0.4, 0.5) is 0 Å². The quantitative estimate of drug-likeness (QED) is 0.732. The van der Waals surface area contributed by atoms with Crippen LogP contribution in [0.15, 0.2) is 24.3 Å². The van der Waals surface area contributed by atoms with Crippen LogP contribution in [0.25, 0.3) is 0 Å². The number of nitrogens with zero attached hydrogens (tertiary/aromatic N) is 1. The Labute approximate surface area is 112 Å². The second-order valence-corrected chi connectivity index (χ2v) is 4.47. The lowest BCUT2D eigenvalue weighted by atomic mass is 10.0. The third kappa shape index (κ3) is 4.07. The molecule has 0 aliphatic rings. The van der Waals surface area contributed by atoms with Crippen molar-refractivity contribution in [3.63, 3.8) is 0 Å². The molecule has 0 heterocycles. The number of rotatable bonds is 7. The third-order valence-corrected chi connectivity index (χ3v) is 3.05. The smallest absolute Gasteiger partial charge is 0.179 e. The molecule has 0 amide bonds. The van der Waals surface area contributed by atoms with Crippen molar-refractivity contribution in [2.45, 2.75) is 13.0 Å². The fraction of sp³-hybridized carbons (Fsp3) is 0.462. The zero-order chi connectivity index (χ0) is 13.5. The number of hydrogen-bond acceptors (Lipinski definition) is 4. The van der Waals surface area contributed by atoms with Crippen molar-refractivity contribution in [3.8, 4) is 0 Å². The number of Topliss-reactive ketones (excluding diaryl/α,β-unsaturated/α-hetero) is 1. The van der Waals surface area contributed by atoms with E-state index >= 15 is 0 Å². The molecule has 0 radical (unpaired) electrons. The second kappa shape index (κ2) is 7.48. The molecule has 100 valence electrons. The highest BCUT2D eigenvalue weighted by atomic mass is 35.5. The van der Waals surface area contributed by atoms with Crippen molar-refractivity contribution in [1.29, 1.82) is 0 Å². The lowest BCUT2D eigenvalue weighted by molar-refractivity contribution is 0.0769. The summed E-state index contributed by atoms with van der Waals surface area (Å²) in [4.78, 5) is 14.0. The van der Waals surface area contributed by atoms with Crippen LogP contribution in [0, 0.1) is 0 Å². The summed E-state index contributed by atoms with van der Waals surface area (Å²) in [6.07, 6.45) is 0. The van der Waals surface area contributed by atoms with Crippen LogP contribution >= 0.6 is 11.6 Å². The molecule has 18 heavy (non-hydrogen) atoms. The van der Waals surface area contributed by atoms with E-state index in [4.69, 9.17) is 21.8 Å². The molecule has 1 rings (SSSR count). The van der Waals surface area contributed by atoms with Gasteiger partial charge in [0.2, 0.25) is 0 Å². The molecule has 0 fully saturated rings. The summed E-state index contributed by atoms with van der Waals surface area (Å²) in [5.74, 6) is -0.0700. The Morgan fingerprint density at radius 2 is 1.94 bits per heavy atom. The van der Waals surface area contributed by atoms with Crippen LogP contribution in [-0.2, 0) is 0 Å². The minimum Gasteiger partial charge on any atom is -0.395 e. The van der Waals surface area contributed by atoms with Gasteiger partial charge in [-0.2, -0.15) is 0 Å². The van der Waals surface area contributed by atoms with E-state index in [-0.39, 0.29) is 19.0 Å². The maximum atomic E-state index is 12.2. The first kappa shape index (κ1) is 15.1. The van der Waals surface area contributed by atoms with Crippen molar-refractivity contribution in [2.75, 3.05) is 26.3 Å². The number of hydrogen-bond donors (Lipinski definition) is 2. The Bertz CT molecular complexity index is 392. The molecule has 2 N–H and O–H groups in total. The summed E-state index contributed by atoms with van der Waals surface area (Å²) >= 11 is 5.85. The number of benzene rings is 1. The number of carbonyl (C=O) groups excluding carboxylic acids is 1. The van der Waals surface area contributed by atoms with E-state index in [1.807, 2.05) is 0 Å². The average molecular weight is 272 g/mol. The number of halogens is 1. The number of aliphatic hydroxyl groups excluding tert-OH is 2. The van der Waals surface area contributed by atoms with Crippen molar-refractivity contribution in [1.82, 2.24) is 4.90 Å². The minimum absolute atomic E-state index is 0.0484. The van der Waals surface area contributed by atoms with Gasteiger partial charge in [0, 0.05) is 23.7 Å². The summed E-state index contributed by atoms with van der Waals surface area (Å²) in [6, 6.07) is 6.37. The van der Waals surface area contributed by atoms with Gasteiger partial charge < -0.3 is 10.2 Å². The Balaban J connectivity index is 2.81. The molecule has 4 nitrogen and oxygen atoms in total. The minimum atomic E-state index is -0.400. The molecule has 0 saturated carbocycles. The van der Waals surface area contributed by atoms with Crippen molar-refractivity contribution >= 4 is 17.4 Å². The molecule has 0 aromatic heterocycles. The molecule has 1 aromatic carbocycles. The maximum Gasteiger partial charge on any atom is 0.179 e. The van der Waals surface area contributed by atoms with E-state index in [9.17, 15) is 4.79 Å². The first-order valence-corrected chi connectivity index (χ1v) is 6.23. The van der Waals surface area contributed by atoms with E-state index < -0.39 is 6.04 Å². The summed E-state index contributed by atoms with van der Waals surface area (Å²) in [6.45, 7) is 2.37. The van der Waals surface area contributed by atoms with Gasteiger partial charge in [-0.25, -0.2) is 0 Å². The molecular formula is C13H18ClNO3. The average Bonchev–Trinajstić information content (AvgIpc) is 2.37. The SMILES string of the molecule is CC(C(=O)c1cccc(Cl)c1)N(CCO)CCO. The molecule has 1 atom stereocenters. The standard InChI is InChI=1S/C13H18ClNO3/c1-10(15(5-7-16)6-8-17)13(18)11-3-2-4-12(14)9-11/h2-4,9-10,16-17H,5-8H2,1H3. The topological polar surface area (TPSA) is 60.8 Å². The molecule has 5 heteroatoms. The fourth-order valence-corrected chi connectivity index (χ4v) is 2.00. The first-order valence-electron chi connectivity index (χ1n) is 5.85. The zero-order valence-electron chi connectivity index (χ0n) is 10.3. The lowest BCUT2D eigenvalue weighted by Crippen LogP contribution is -2.42. The second-order valence-electron chi connectivity index (χ2n) is 4.03. The Kier molecular flexibility index (Phi) is 6.29. The van der Waals surface area contributed by atoms with Gasteiger partial charge in [0.1, 0.15) is 0 Å². The van der Waals surface area contributed by atoms with Crippen molar-refractivity contribution in [2.24, 2.45) is 0 Å². The molecule has 1 aromatic rings. The van der Waals surface area contributed by atoms with Crippen LogP contribution in [-0.4, -0.2) is 53.2 Å². The zero-order valence-corrected chi connectivity index (χ0v) is 11.1. The van der Waals surface area contributed by atoms with Gasteiger partial charge in [0.15, 0.2) is 5.78 Å². The summed E-state index contributed by atoms with van der Waals surface area (Å²) in [5, 5.41) is 18.4. The molecule has 0 bridgehead atoms. The van der Waals surface area contributed by atoms with E-state index in [1.54, 1.807) is 36.1 Å². The van der Waals surface area contributed by atoms with Gasteiger partial charge in [0.25, 0.3) is 0 Å². The predicted octanol–water partition coefficient (Wildman–Crippen LogP) is 1.20. The van der Waals surface area contributed by atoms with Crippen LogP contribution < -0.4 is 0 Å². The largest absolute Gasteiger partial charge is 0.395 e. The molecule has 0 aliphatic carbocycles. The van der Waals surface area contributed by atoms with Gasteiger partial charge in [-0.1, -0.05) is 23.7 Å². The fourth-order valence-electron chi connectivity index (χ4n) is 1.80. The van der Waals surface area contributed by atoms with Crippen LogP contribution in [0.1, 0.15) is 17.3 Å². The van der Waals surface area contributed by atoms with Crippen LogP contribution in [0.3, 0.4) is 0 Å². The normalized spacial score (nSPS) is 12.7. The number of aliphatic hydroxyl groups is 2. The van der Waals surface area contributed by atoms with E-state index in [0.29, 0.717) is 23.7 Å². The van der Waals surface area contributed by atoms with Crippen LogP contribution in [0.2, 0.25) is 5.02 Å². The highest BCUT2D eigenvalue weighted by Gasteiger charge is 2.21. The lowest BCUT2D eigenvalue weighted by Gasteiger charge is -2.26. The molecular weight excluding hydrogens is 254 g/mol. The number of ketones is 1. The highest BCUT2D eigenvalue weighted by Crippen LogP contribution is 2.14. The maximum absolute atomic E-state index is 12.2. The van der Waals surface area contributed by atoms with E-state index in [1.165, 1.54) is 0 Å². The predicted molar refractivity (Wildman–Crippen MR) is 71.0 cm³/mol. The first-order chi connectivity index (χ1) is 8.60. The van der Waals surface area contributed by atoms with Crippen molar-refractivity contribution < 1.29 is 15.0 Å². The summed E-state index contributed by atoms with van der Waals surface area (Å²) in [7, 11) is 0. The number of carbonyl (C=O) groups is 1. The van der Waals surface area contributed by atoms with Gasteiger partial charge >= 0.3 is 0 Å². The van der Waals surface area contributed by atoms with E-state index in [2.05, 4.69) is 0 Å². The summed E-state index contributed by atoms with van der Waals surface area (Å²) < 4.78 is 0. The molecule has 0 spiro atoms. The molecule has 0 aliphatic heterocycles. The van der Waals surface area contributed by atoms with Gasteiger partial charge in [0.05, 0.1) is 19.3 Å². The Morgan fingerprint density at radius 3 is 2.44 bits per heavy atom. The Morgan fingerprint density at radius 1 is 1.33 bits per heavy atom. The Hall–Kier alpha value is -0.940. The highest BCUT2D eigenvalue weighted by molar-refractivity contribution is 6.31. The van der Waals surface area contributed by atoms with Gasteiger partial charge in [-0.15, -0.1) is 0 Å². The summed E-state index contributed by atoms with van der Waals surface area (Å²) in [5.41, 5.74) is 0.538. The monoisotopic (exact) mass is 271 g/mol. The van der Waals surface area contributed by atoms with Gasteiger partial charge in [-0.3, -0.25) is 9.69 Å². The van der Waals surface area contributed by atoms with Gasteiger partial charge in [-0.05, 0) is 19.1 Å². The van der Waals surface area contributed by atoms with E-state index in [0.717, 1.165) is 0 Å². The van der Waals surface area contributed by atoms with Crippen molar-refractivity contribution in [3.05, 3.63) is 34.9 Å². The van der Waals surface area contributed by atoms with Crippen LogP contribution in [0.5, 0.6) is 0 Å². The third-order valence-electron chi connectivity index (χ3n) is 2.81.